The minimum atomic E-state index is 0.530. The van der Waals surface area contributed by atoms with E-state index < -0.39 is 0 Å². The lowest BCUT2D eigenvalue weighted by Gasteiger charge is -2.16. The summed E-state index contributed by atoms with van der Waals surface area (Å²) in [6, 6.07) is 9.31. The number of nitrogens with zero attached hydrogens (tertiary/aromatic N) is 3. The molecule has 1 aromatic heterocycles. The summed E-state index contributed by atoms with van der Waals surface area (Å²) in [5.74, 6) is 0.641. The molecule has 0 spiro atoms. The van der Waals surface area contributed by atoms with Gasteiger partial charge in [0, 0.05) is 18.8 Å². The van der Waals surface area contributed by atoms with E-state index in [1.54, 1.807) is 0 Å². The molecule has 0 unspecified atom stereocenters. The minimum absolute atomic E-state index is 0.530. The summed E-state index contributed by atoms with van der Waals surface area (Å²) < 4.78 is 5.67. The Morgan fingerprint density at radius 3 is 2.84 bits per heavy atom. The first kappa shape index (κ1) is 12.2. The third-order valence-corrected chi connectivity index (χ3v) is 3.34. The Morgan fingerprint density at radius 2 is 2.11 bits per heavy atom. The second-order valence-electron chi connectivity index (χ2n) is 4.98. The molecule has 0 amide bonds. The summed E-state index contributed by atoms with van der Waals surface area (Å²) in [4.78, 5) is 1.92. The number of nitrogens with one attached hydrogen (secondary N) is 1. The largest absolute Gasteiger partial charge is 0.406 e. The molecule has 3 rings (SSSR count). The fourth-order valence-corrected chi connectivity index (χ4v) is 2.01. The molecule has 100 valence electrons. The molecule has 19 heavy (non-hydrogen) atoms. The van der Waals surface area contributed by atoms with Crippen LogP contribution in [0.1, 0.15) is 24.3 Å². The lowest BCUT2D eigenvalue weighted by molar-refractivity contribution is 0.471. The Balaban J connectivity index is 1.72. The molecule has 1 N–H and O–H groups in total. The van der Waals surface area contributed by atoms with Crippen molar-refractivity contribution in [1.29, 1.82) is 0 Å². The van der Waals surface area contributed by atoms with Gasteiger partial charge in [0.2, 0.25) is 5.89 Å². The Morgan fingerprint density at radius 1 is 1.32 bits per heavy atom. The average molecular weight is 258 g/mol. The summed E-state index contributed by atoms with van der Waals surface area (Å²) >= 11 is 0. The highest BCUT2D eigenvalue weighted by atomic mass is 16.4. The molecule has 0 atom stereocenters. The molecule has 5 nitrogen and oxygen atoms in total. The van der Waals surface area contributed by atoms with Gasteiger partial charge < -0.3 is 9.73 Å². The highest BCUT2D eigenvalue weighted by molar-refractivity contribution is 5.59. The number of hydrogen-bond donors (Lipinski definition) is 1. The molecule has 1 saturated carbocycles. The standard InChI is InChI=1S/C14H18N4O/c1-10-5-3-4-6-12(10)18(2)14-17-16-13(19-14)9-15-11-7-8-11/h3-6,11,15H,7-9H2,1-2H3. The smallest absolute Gasteiger partial charge is 0.322 e. The maximum atomic E-state index is 5.67. The van der Waals surface area contributed by atoms with Crippen LogP contribution in [-0.2, 0) is 6.54 Å². The number of aryl methyl sites for hydroxylation is 1. The molecule has 0 bridgehead atoms. The van der Waals surface area contributed by atoms with E-state index in [-0.39, 0.29) is 0 Å². The monoisotopic (exact) mass is 258 g/mol. The van der Waals surface area contributed by atoms with Crippen LogP contribution in [0.4, 0.5) is 11.7 Å². The van der Waals surface area contributed by atoms with Gasteiger partial charge in [0.15, 0.2) is 0 Å². The predicted octanol–water partition coefficient (Wildman–Crippen LogP) is 2.40. The Bertz CT molecular complexity index is 562. The molecule has 1 aliphatic carbocycles. The van der Waals surface area contributed by atoms with E-state index in [1.165, 1.54) is 18.4 Å². The average Bonchev–Trinajstić information content (AvgIpc) is 3.13. The third-order valence-electron chi connectivity index (χ3n) is 3.34. The van der Waals surface area contributed by atoms with E-state index in [4.69, 9.17) is 4.42 Å². The first-order valence-corrected chi connectivity index (χ1v) is 6.59. The van der Waals surface area contributed by atoms with E-state index in [9.17, 15) is 0 Å². The van der Waals surface area contributed by atoms with Crippen molar-refractivity contribution < 1.29 is 4.42 Å². The Kier molecular flexibility index (Phi) is 3.21. The minimum Gasteiger partial charge on any atom is -0.406 e. The van der Waals surface area contributed by atoms with Gasteiger partial charge in [0.1, 0.15) is 0 Å². The van der Waals surface area contributed by atoms with Crippen LogP contribution < -0.4 is 10.2 Å². The van der Waals surface area contributed by atoms with Crippen LogP contribution in [0.2, 0.25) is 0 Å². The van der Waals surface area contributed by atoms with Gasteiger partial charge in [-0.3, -0.25) is 4.90 Å². The fourth-order valence-electron chi connectivity index (χ4n) is 2.01. The van der Waals surface area contributed by atoms with Crippen LogP contribution >= 0.6 is 0 Å². The zero-order chi connectivity index (χ0) is 13.2. The van der Waals surface area contributed by atoms with E-state index >= 15 is 0 Å². The first-order chi connectivity index (χ1) is 9.24. The molecule has 1 fully saturated rings. The number of para-hydroxylation sites is 1. The summed E-state index contributed by atoms with van der Waals surface area (Å²) in [6.07, 6.45) is 2.51. The Labute approximate surface area is 112 Å². The molecule has 0 aliphatic heterocycles. The maximum absolute atomic E-state index is 5.67. The maximum Gasteiger partial charge on any atom is 0.322 e. The number of benzene rings is 1. The van der Waals surface area contributed by atoms with Gasteiger partial charge in [-0.15, -0.1) is 5.10 Å². The Hall–Kier alpha value is -1.88. The molecule has 1 heterocycles. The summed E-state index contributed by atoms with van der Waals surface area (Å²) in [5.41, 5.74) is 2.26. The van der Waals surface area contributed by atoms with Crippen molar-refractivity contribution in [1.82, 2.24) is 15.5 Å². The van der Waals surface area contributed by atoms with E-state index in [0.717, 1.165) is 5.69 Å². The van der Waals surface area contributed by atoms with Crippen LogP contribution in [-0.4, -0.2) is 23.3 Å². The number of hydrogen-bond acceptors (Lipinski definition) is 5. The topological polar surface area (TPSA) is 54.2 Å². The van der Waals surface area contributed by atoms with Crippen molar-refractivity contribution in [2.75, 3.05) is 11.9 Å². The van der Waals surface area contributed by atoms with Gasteiger partial charge in [-0.2, -0.15) is 0 Å². The van der Waals surface area contributed by atoms with Crippen molar-refractivity contribution in [2.45, 2.75) is 32.4 Å². The second-order valence-corrected chi connectivity index (χ2v) is 4.98. The van der Waals surface area contributed by atoms with Gasteiger partial charge >= 0.3 is 6.01 Å². The molecule has 2 aromatic rings. The van der Waals surface area contributed by atoms with Crippen molar-refractivity contribution in [3.05, 3.63) is 35.7 Å². The van der Waals surface area contributed by atoms with Crippen molar-refractivity contribution in [3.8, 4) is 0 Å². The molecule has 0 radical (unpaired) electrons. The van der Waals surface area contributed by atoms with Gasteiger partial charge in [0.05, 0.1) is 6.54 Å². The van der Waals surface area contributed by atoms with Crippen LogP contribution in [0.25, 0.3) is 0 Å². The van der Waals surface area contributed by atoms with E-state index in [1.807, 2.05) is 30.1 Å². The zero-order valence-electron chi connectivity index (χ0n) is 11.3. The molecular formula is C14H18N4O. The number of aromatic nitrogens is 2. The molecule has 1 aromatic carbocycles. The second kappa shape index (κ2) is 5.01. The van der Waals surface area contributed by atoms with Crippen LogP contribution in [0.5, 0.6) is 0 Å². The van der Waals surface area contributed by atoms with Crippen LogP contribution in [0.15, 0.2) is 28.7 Å². The predicted molar refractivity (Wildman–Crippen MR) is 73.4 cm³/mol. The van der Waals surface area contributed by atoms with Gasteiger partial charge in [-0.1, -0.05) is 23.3 Å². The van der Waals surface area contributed by atoms with Crippen LogP contribution in [0.3, 0.4) is 0 Å². The first-order valence-electron chi connectivity index (χ1n) is 6.59. The molecule has 0 saturated heterocycles. The van der Waals surface area contributed by atoms with E-state index in [0.29, 0.717) is 24.5 Å². The number of rotatable bonds is 5. The summed E-state index contributed by atoms with van der Waals surface area (Å²) in [5, 5.41) is 11.5. The lowest BCUT2D eigenvalue weighted by atomic mass is 10.2. The lowest BCUT2D eigenvalue weighted by Crippen LogP contribution is -2.15. The highest BCUT2D eigenvalue weighted by Crippen LogP contribution is 2.25. The van der Waals surface area contributed by atoms with Crippen molar-refractivity contribution >= 4 is 11.7 Å². The third kappa shape index (κ3) is 2.76. The van der Waals surface area contributed by atoms with E-state index in [2.05, 4.69) is 28.5 Å². The highest BCUT2D eigenvalue weighted by Gasteiger charge is 2.21. The normalized spacial score (nSPS) is 14.6. The molecule has 5 heteroatoms. The van der Waals surface area contributed by atoms with Crippen molar-refractivity contribution in [2.24, 2.45) is 0 Å². The summed E-state index contributed by atoms with van der Waals surface area (Å²) in [7, 11) is 1.94. The van der Waals surface area contributed by atoms with Gasteiger partial charge in [-0.05, 0) is 31.4 Å². The van der Waals surface area contributed by atoms with Crippen LogP contribution in [0, 0.1) is 6.92 Å². The summed E-state index contributed by atoms with van der Waals surface area (Å²) in [6.45, 7) is 2.72. The molecule has 1 aliphatic rings. The van der Waals surface area contributed by atoms with Gasteiger partial charge in [-0.25, -0.2) is 0 Å². The SMILES string of the molecule is Cc1ccccc1N(C)c1nnc(CNC2CC2)o1. The molecular weight excluding hydrogens is 240 g/mol. The van der Waals surface area contributed by atoms with Crippen molar-refractivity contribution in [3.63, 3.8) is 0 Å². The van der Waals surface area contributed by atoms with Gasteiger partial charge in [0.25, 0.3) is 0 Å². The number of anilines is 2. The quantitative estimate of drug-likeness (QED) is 0.892. The zero-order valence-corrected chi connectivity index (χ0v) is 11.3. The fraction of sp³-hybridized carbons (Fsp3) is 0.429.